The van der Waals surface area contributed by atoms with Crippen LogP contribution in [0.4, 0.5) is 0 Å². The average Bonchev–Trinajstić information content (AvgIpc) is 3.31. The van der Waals surface area contributed by atoms with Crippen molar-refractivity contribution in [3.63, 3.8) is 0 Å². The molecule has 0 atom stereocenters. The first-order valence-electron chi connectivity index (χ1n) is 8.01. The lowest BCUT2D eigenvalue weighted by molar-refractivity contribution is 0.0952. The van der Waals surface area contributed by atoms with Gasteiger partial charge in [0.25, 0.3) is 5.91 Å². The van der Waals surface area contributed by atoms with Crippen molar-refractivity contribution in [1.29, 1.82) is 0 Å². The summed E-state index contributed by atoms with van der Waals surface area (Å²) in [5, 5.41) is 26.0. The molecule has 1 aliphatic rings. The number of hydrogen-bond donors (Lipinski definition) is 3. The number of amides is 1. The molecule has 0 spiro atoms. The number of phenols is 2. The van der Waals surface area contributed by atoms with Crippen LogP contribution in [0, 0.1) is 0 Å². The number of phenolic OH excluding ortho intramolecular Hbond substituents is 2. The maximum Gasteiger partial charge on any atom is 0.257 e. The predicted molar refractivity (Wildman–Crippen MR) is 91.2 cm³/mol. The molecule has 6 heteroatoms. The van der Waals surface area contributed by atoms with Gasteiger partial charge in [0.1, 0.15) is 22.8 Å². The summed E-state index contributed by atoms with van der Waals surface area (Å²) in [5.74, 6) is 0.372. The highest BCUT2D eigenvalue weighted by Gasteiger charge is 2.30. The molecule has 25 heavy (non-hydrogen) atoms. The van der Waals surface area contributed by atoms with E-state index in [0.717, 1.165) is 12.8 Å². The van der Waals surface area contributed by atoms with E-state index in [1.165, 1.54) is 24.3 Å². The molecule has 0 radical (unpaired) electrons. The van der Waals surface area contributed by atoms with Crippen LogP contribution in [0.15, 0.2) is 53.1 Å². The normalized spacial score (nSPS) is 13.6. The van der Waals surface area contributed by atoms with E-state index in [1.807, 2.05) is 0 Å². The summed E-state index contributed by atoms with van der Waals surface area (Å²) in [6.07, 6.45) is 1.94. The first kappa shape index (κ1) is 15.3. The van der Waals surface area contributed by atoms with Crippen molar-refractivity contribution in [2.45, 2.75) is 18.9 Å². The summed E-state index contributed by atoms with van der Waals surface area (Å²) >= 11 is 0. The van der Waals surface area contributed by atoms with Crippen LogP contribution < -0.4 is 5.32 Å². The Morgan fingerprint density at radius 3 is 2.08 bits per heavy atom. The van der Waals surface area contributed by atoms with Crippen LogP contribution in [0.2, 0.25) is 0 Å². The number of benzene rings is 2. The van der Waals surface area contributed by atoms with Crippen LogP contribution >= 0.6 is 0 Å². The van der Waals surface area contributed by atoms with Crippen LogP contribution in [0.3, 0.4) is 0 Å². The molecular weight excluding hydrogens is 320 g/mol. The Morgan fingerprint density at radius 1 is 0.960 bits per heavy atom. The van der Waals surface area contributed by atoms with Gasteiger partial charge in [-0.15, -0.1) is 0 Å². The second-order valence-electron chi connectivity index (χ2n) is 6.08. The minimum atomic E-state index is -0.241. The molecule has 2 aromatic carbocycles. The fourth-order valence-corrected chi connectivity index (χ4v) is 2.61. The van der Waals surface area contributed by atoms with Crippen LogP contribution in [0.25, 0.3) is 22.6 Å². The van der Waals surface area contributed by atoms with Gasteiger partial charge in [-0.3, -0.25) is 4.79 Å². The van der Waals surface area contributed by atoms with Crippen molar-refractivity contribution >= 4 is 5.91 Å². The predicted octanol–water partition coefficient (Wildman–Crippen LogP) is 3.31. The Hall–Kier alpha value is -3.28. The molecule has 4 rings (SSSR count). The average molecular weight is 336 g/mol. The zero-order chi connectivity index (χ0) is 17.4. The minimum Gasteiger partial charge on any atom is -0.508 e. The molecule has 0 saturated heterocycles. The van der Waals surface area contributed by atoms with E-state index in [0.29, 0.717) is 28.1 Å². The third kappa shape index (κ3) is 3.06. The fourth-order valence-electron chi connectivity index (χ4n) is 2.61. The Balaban J connectivity index is 1.82. The fraction of sp³-hybridized carbons (Fsp3) is 0.158. The topological polar surface area (TPSA) is 95.6 Å². The first-order valence-corrected chi connectivity index (χ1v) is 8.01. The van der Waals surface area contributed by atoms with Crippen molar-refractivity contribution in [2.24, 2.45) is 0 Å². The number of hydrogen-bond acceptors (Lipinski definition) is 5. The molecule has 3 aromatic rings. The highest BCUT2D eigenvalue weighted by atomic mass is 16.5. The molecule has 3 N–H and O–H groups in total. The highest BCUT2D eigenvalue weighted by molar-refractivity contribution is 6.05. The summed E-state index contributed by atoms with van der Waals surface area (Å²) in [7, 11) is 0. The molecule has 1 amide bonds. The SMILES string of the molecule is O=C(NC1CC1)c1c(-c2ccc(O)cc2)noc1-c1ccc(O)cc1. The summed E-state index contributed by atoms with van der Waals surface area (Å²) < 4.78 is 5.47. The van der Waals surface area contributed by atoms with Crippen LogP contribution in [-0.2, 0) is 0 Å². The van der Waals surface area contributed by atoms with Gasteiger partial charge in [0.15, 0.2) is 5.76 Å². The third-order valence-electron chi connectivity index (χ3n) is 4.10. The Morgan fingerprint density at radius 2 is 1.52 bits per heavy atom. The second-order valence-corrected chi connectivity index (χ2v) is 6.08. The zero-order valence-electron chi connectivity index (χ0n) is 13.3. The summed E-state index contributed by atoms with van der Waals surface area (Å²) in [5.41, 5.74) is 2.09. The van der Waals surface area contributed by atoms with E-state index >= 15 is 0 Å². The van der Waals surface area contributed by atoms with Gasteiger partial charge in [-0.05, 0) is 61.4 Å². The highest BCUT2D eigenvalue weighted by Crippen LogP contribution is 2.34. The van der Waals surface area contributed by atoms with Crippen LogP contribution in [0.1, 0.15) is 23.2 Å². The molecule has 0 unspecified atom stereocenters. The van der Waals surface area contributed by atoms with Crippen molar-refractivity contribution in [3.05, 3.63) is 54.1 Å². The monoisotopic (exact) mass is 336 g/mol. The Kier molecular flexibility index (Phi) is 3.65. The smallest absolute Gasteiger partial charge is 0.257 e. The van der Waals surface area contributed by atoms with E-state index in [4.69, 9.17) is 4.52 Å². The van der Waals surface area contributed by atoms with Gasteiger partial charge in [-0.25, -0.2) is 0 Å². The summed E-state index contributed by atoms with van der Waals surface area (Å²) in [4.78, 5) is 12.8. The van der Waals surface area contributed by atoms with E-state index in [9.17, 15) is 15.0 Å². The summed E-state index contributed by atoms with van der Waals surface area (Å²) in [6, 6.07) is 13.0. The maximum absolute atomic E-state index is 12.8. The van der Waals surface area contributed by atoms with Gasteiger partial charge in [-0.1, -0.05) is 5.16 Å². The van der Waals surface area contributed by atoms with Gasteiger partial charge < -0.3 is 20.1 Å². The number of nitrogens with zero attached hydrogens (tertiary/aromatic N) is 1. The molecule has 1 fully saturated rings. The van der Waals surface area contributed by atoms with Crippen LogP contribution in [-0.4, -0.2) is 27.3 Å². The molecular formula is C19H16N2O4. The number of aromatic nitrogens is 1. The van der Waals surface area contributed by atoms with Crippen molar-refractivity contribution in [2.75, 3.05) is 0 Å². The lowest BCUT2D eigenvalue weighted by atomic mass is 10.0. The van der Waals surface area contributed by atoms with Gasteiger partial charge in [0.2, 0.25) is 0 Å². The van der Waals surface area contributed by atoms with Crippen molar-refractivity contribution in [3.8, 4) is 34.1 Å². The van der Waals surface area contributed by atoms with E-state index in [2.05, 4.69) is 10.5 Å². The lowest BCUT2D eigenvalue weighted by Crippen LogP contribution is -2.26. The summed E-state index contributed by atoms with van der Waals surface area (Å²) in [6.45, 7) is 0. The van der Waals surface area contributed by atoms with Crippen molar-refractivity contribution < 1.29 is 19.5 Å². The van der Waals surface area contributed by atoms with Crippen LogP contribution in [0.5, 0.6) is 11.5 Å². The molecule has 1 heterocycles. The quantitative estimate of drug-likeness (QED) is 0.679. The molecule has 0 aliphatic heterocycles. The Bertz CT molecular complexity index is 847. The zero-order valence-corrected chi connectivity index (χ0v) is 13.3. The number of carbonyl (C=O) groups excluding carboxylic acids is 1. The standard InChI is InChI=1S/C19H16N2O4/c22-14-7-1-11(2-8-14)17-16(19(24)20-13-5-6-13)18(25-21-17)12-3-9-15(23)10-4-12/h1-4,7-10,13,22-23H,5-6H2,(H,20,24). The van der Waals surface area contributed by atoms with E-state index in [-0.39, 0.29) is 23.4 Å². The van der Waals surface area contributed by atoms with Crippen molar-refractivity contribution in [1.82, 2.24) is 10.5 Å². The molecule has 1 saturated carbocycles. The molecule has 126 valence electrons. The molecule has 0 bridgehead atoms. The number of nitrogens with one attached hydrogen (secondary N) is 1. The van der Waals surface area contributed by atoms with Gasteiger partial charge in [-0.2, -0.15) is 0 Å². The number of rotatable bonds is 4. The molecule has 1 aromatic heterocycles. The molecule has 6 nitrogen and oxygen atoms in total. The maximum atomic E-state index is 12.8. The van der Waals surface area contributed by atoms with Gasteiger partial charge >= 0.3 is 0 Å². The number of carbonyl (C=O) groups is 1. The molecule has 1 aliphatic carbocycles. The Labute approximate surface area is 143 Å². The van der Waals surface area contributed by atoms with Gasteiger partial charge in [0, 0.05) is 17.2 Å². The van der Waals surface area contributed by atoms with E-state index in [1.54, 1.807) is 24.3 Å². The second kappa shape index (κ2) is 5.98. The van der Waals surface area contributed by atoms with E-state index < -0.39 is 0 Å². The van der Waals surface area contributed by atoms with Gasteiger partial charge in [0.05, 0.1) is 0 Å². The minimum absolute atomic E-state index is 0.131. The third-order valence-corrected chi connectivity index (χ3v) is 4.10. The first-order chi connectivity index (χ1) is 12.1. The lowest BCUT2D eigenvalue weighted by Gasteiger charge is -2.06. The largest absolute Gasteiger partial charge is 0.508 e. The number of aromatic hydroxyl groups is 2.